The topological polar surface area (TPSA) is 17.1 Å². The van der Waals surface area contributed by atoms with Gasteiger partial charge in [-0.25, -0.2) is 0 Å². The lowest BCUT2D eigenvalue weighted by molar-refractivity contribution is 0.0934. The fourth-order valence-electron chi connectivity index (χ4n) is 1.38. The smallest absolute Gasteiger partial charge is 0.167 e. The van der Waals surface area contributed by atoms with Gasteiger partial charge in [0.05, 0.1) is 0 Å². The molecule has 1 aliphatic heterocycles. The second kappa shape index (κ2) is 3.62. The van der Waals surface area contributed by atoms with Crippen molar-refractivity contribution in [2.24, 2.45) is 5.92 Å². The van der Waals surface area contributed by atoms with Crippen molar-refractivity contribution in [3.63, 3.8) is 0 Å². The highest BCUT2D eigenvalue weighted by Crippen LogP contribution is 2.27. The lowest BCUT2D eigenvalue weighted by Gasteiger charge is -2.03. The number of hydrogen-bond acceptors (Lipinski definition) is 3. The summed E-state index contributed by atoms with van der Waals surface area (Å²) in [5.41, 5.74) is 0.910. The van der Waals surface area contributed by atoms with Crippen LogP contribution in [0.25, 0.3) is 0 Å². The van der Waals surface area contributed by atoms with E-state index in [0.717, 1.165) is 23.5 Å². The van der Waals surface area contributed by atoms with E-state index in [1.54, 1.807) is 11.3 Å². The van der Waals surface area contributed by atoms with E-state index in [4.69, 9.17) is 0 Å². The number of ketones is 1. The van der Waals surface area contributed by atoms with Crippen molar-refractivity contribution >= 4 is 28.9 Å². The monoisotopic (exact) mass is 198 g/mol. The molecular formula is C9H10OS2. The lowest BCUT2D eigenvalue weighted by atomic mass is 9.99. The van der Waals surface area contributed by atoms with Gasteiger partial charge >= 0.3 is 0 Å². The van der Waals surface area contributed by atoms with Crippen LogP contribution >= 0.6 is 23.1 Å². The maximum atomic E-state index is 11.7. The molecule has 0 saturated carbocycles. The number of Topliss-reactive ketones (excluding diaryl/α,β-unsaturated/α-hetero) is 1. The van der Waals surface area contributed by atoms with Gasteiger partial charge in [-0.3, -0.25) is 4.79 Å². The van der Waals surface area contributed by atoms with E-state index in [2.05, 4.69) is 0 Å². The van der Waals surface area contributed by atoms with Gasteiger partial charge in [-0.1, -0.05) is 0 Å². The minimum atomic E-state index is 0.296. The van der Waals surface area contributed by atoms with Gasteiger partial charge in [0.25, 0.3) is 0 Å². The van der Waals surface area contributed by atoms with Crippen LogP contribution in [-0.4, -0.2) is 17.3 Å². The maximum Gasteiger partial charge on any atom is 0.167 e. The molecule has 1 aliphatic rings. The molecule has 2 rings (SSSR count). The molecule has 0 N–H and O–H groups in total. The van der Waals surface area contributed by atoms with Crippen molar-refractivity contribution in [2.45, 2.75) is 6.42 Å². The summed E-state index contributed by atoms with van der Waals surface area (Å²) < 4.78 is 0. The van der Waals surface area contributed by atoms with Gasteiger partial charge in [0, 0.05) is 22.6 Å². The largest absolute Gasteiger partial charge is 0.294 e. The molecular weight excluding hydrogens is 188 g/mol. The SMILES string of the molecule is O=C(c1ccsc1)C1CCSC1. The molecule has 12 heavy (non-hydrogen) atoms. The third kappa shape index (κ3) is 1.57. The molecule has 1 fully saturated rings. The summed E-state index contributed by atoms with van der Waals surface area (Å²) in [5, 5.41) is 3.92. The van der Waals surface area contributed by atoms with Gasteiger partial charge in [0.2, 0.25) is 0 Å². The van der Waals surface area contributed by atoms with Crippen LogP contribution in [0.1, 0.15) is 16.8 Å². The molecule has 1 saturated heterocycles. The molecule has 0 amide bonds. The molecule has 1 aromatic rings. The molecule has 0 aromatic carbocycles. The Hall–Kier alpha value is -0.280. The second-order valence-electron chi connectivity index (χ2n) is 2.94. The summed E-state index contributed by atoms with van der Waals surface area (Å²) in [4.78, 5) is 11.7. The first-order chi connectivity index (χ1) is 5.88. The molecule has 1 nitrogen and oxygen atoms in total. The number of hydrogen-bond donors (Lipinski definition) is 0. The van der Waals surface area contributed by atoms with Crippen molar-refractivity contribution in [2.75, 3.05) is 11.5 Å². The molecule has 2 heterocycles. The third-order valence-electron chi connectivity index (χ3n) is 2.11. The highest BCUT2D eigenvalue weighted by molar-refractivity contribution is 7.99. The van der Waals surface area contributed by atoms with E-state index in [9.17, 15) is 4.79 Å². The van der Waals surface area contributed by atoms with Gasteiger partial charge < -0.3 is 0 Å². The summed E-state index contributed by atoms with van der Waals surface area (Å²) in [5.74, 6) is 2.82. The first-order valence-corrected chi connectivity index (χ1v) is 6.12. The maximum absolute atomic E-state index is 11.7. The van der Waals surface area contributed by atoms with E-state index in [0.29, 0.717) is 11.7 Å². The molecule has 1 aromatic heterocycles. The Morgan fingerprint density at radius 2 is 2.50 bits per heavy atom. The van der Waals surface area contributed by atoms with Crippen LogP contribution < -0.4 is 0 Å². The minimum Gasteiger partial charge on any atom is -0.294 e. The number of thioether (sulfide) groups is 1. The van der Waals surface area contributed by atoms with Gasteiger partial charge in [-0.2, -0.15) is 23.1 Å². The molecule has 0 radical (unpaired) electrons. The van der Waals surface area contributed by atoms with E-state index < -0.39 is 0 Å². The molecule has 0 bridgehead atoms. The van der Waals surface area contributed by atoms with Crippen molar-refractivity contribution in [1.29, 1.82) is 0 Å². The van der Waals surface area contributed by atoms with Crippen molar-refractivity contribution < 1.29 is 4.79 Å². The standard InChI is InChI=1S/C9H10OS2/c10-9(7-1-3-11-5-7)8-2-4-12-6-8/h1,3,5,8H,2,4,6H2. The van der Waals surface area contributed by atoms with Crippen LogP contribution in [0.4, 0.5) is 0 Å². The van der Waals surface area contributed by atoms with E-state index in [1.165, 1.54) is 0 Å². The summed E-state index contributed by atoms with van der Waals surface area (Å²) in [6.07, 6.45) is 1.07. The zero-order valence-electron chi connectivity index (χ0n) is 6.66. The van der Waals surface area contributed by atoms with Crippen LogP contribution in [0.5, 0.6) is 0 Å². The zero-order chi connectivity index (χ0) is 8.39. The Kier molecular flexibility index (Phi) is 2.51. The molecule has 1 unspecified atom stereocenters. The Balaban J connectivity index is 2.09. The average molecular weight is 198 g/mol. The quantitative estimate of drug-likeness (QED) is 0.680. The molecule has 0 aliphatic carbocycles. The van der Waals surface area contributed by atoms with Crippen LogP contribution in [-0.2, 0) is 0 Å². The van der Waals surface area contributed by atoms with Gasteiger partial charge in [0.1, 0.15) is 0 Å². The first kappa shape index (κ1) is 8.32. The highest BCUT2D eigenvalue weighted by Gasteiger charge is 2.24. The Labute approximate surface area is 80.2 Å². The number of carbonyl (C=O) groups excluding carboxylic acids is 1. The van der Waals surface area contributed by atoms with E-state index in [1.807, 2.05) is 28.6 Å². The normalized spacial score (nSPS) is 22.8. The van der Waals surface area contributed by atoms with Gasteiger partial charge in [-0.15, -0.1) is 0 Å². The molecule has 3 heteroatoms. The predicted molar refractivity (Wildman–Crippen MR) is 54.1 cm³/mol. The second-order valence-corrected chi connectivity index (χ2v) is 4.87. The Bertz CT molecular complexity index is 260. The first-order valence-electron chi connectivity index (χ1n) is 4.02. The fourth-order valence-corrected chi connectivity index (χ4v) is 3.25. The molecule has 0 spiro atoms. The third-order valence-corrected chi connectivity index (χ3v) is 3.95. The van der Waals surface area contributed by atoms with Crippen LogP contribution in [0.3, 0.4) is 0 Å². The van der Waals surface area contributed by atoms with Crippen LogP contribution in [0.15, 0.2) is 16.8 Å². The summed E-state index contributed by atoms with van der Waals surface area (Å²) >= 11 is 3.49. The summed E-state index contributed by atoms with van der Waals surface area (Å²) in [7, 11) is 0. The number of thiophene rings is 1. The predicted octanol–water partition coefficient (Wildman–Crippen LogP) is 2.68. The number of rotatable bonds is 2. The van der Waals surface area contributed by atoms with Gasteiger partial charge in [0.15, 0.2) is 5.78 Å². The molecule has 1 atom stereocenters. The van der Waals surface area contributed by atoms with E-state index in [-0.39, 0.29) is 0 Å². The van der Waals surface area contributed by atoms with Crippen LogP contribution in [0, 0.1) is 5.92 Å². The molecule has 64 valence electrons. The highest BCUT2D eigenvalue weighted by atomic mass is 32.2. The summed E-state index contributed by atoms with van der Waals surface area (Å²) in [6.45, 7) is 0. The van der Waals surface area contributed by atoms with Crippen LogP contribution in [0.2, 0.25) is 0 Å². The minimum absolute atomic E-state index is 0.296. The average Bonchev–Trinajstić information content (AvgIpc) is 2.77. The van der Waals surface area contributed by atoms with Crippen molar-refractivity contribution in [3.05, 3.63) is 22.4 Å². The fraction of sp³-hybridized carbons (Fsp3) is 0.444. The van der Waals surface area contributed by atoms with E-state index >= 15 is 0 Å². The number of carbonyl (C=O) groups is 1. The van der Waals surface area contributed by atoms with Crippen molar-refractivity contribution in [1.82, 2.24) is 0 Å². The summed E-state index contributed by atoms with van der Waals surface area (Å²) in [6, 6.07) is 1.93. The zero-order valence-corrected chi connectivity index (χ0v) is 8.29. The Morgan fingerprint density at radius 1 is 1.58 bits per heavy atom. The Morgan fingerprint density at radius 3 is 3.08 bits per heavy atom. The van der Waals surface area contributed by atoms with Crippen molar-refractivity contribution in [3.8, 4) is 0 Å². The van der Waals surface area contributed by atoms with Gasteiger partial charge in [-0.05, 0) is 23.6 Å². The lowest BCUT2D eigenvalue weighted by Crippen LogP contribution is -2.12.